The van der Waals surface area contributed by atoms with Gasteiger partial charge in [-0.1, -0.05) is 0 Å². The third kappa shape index (κ3) is 3.95. The zero-order valence-corrected chi connectivity index (χ0v) is 18.2. The largest absolute Gasteiger partial charge is 0.383 e. The van der Waals surface area contributed by atoms with Crippen molar-refractivity contribution in [3.63, 3.8) is 0 Å². The predicted octanol–water partition coefficient (Wildman–Crippen LogP) is 2.22. The van der Waals surface area contributed by atoms with Crippen LogP contribution in [0.25, 0.3) is 16.6 Å². The van der Waals surface area contributed by atoms with E-state index in [0.717, 1.165) is 0 Å². The highest BCUT2D eigenvalue weighted by molar-refractivity contribution is 6.06. The first kappa shape index (κ1) is 21.5. The normalized spacial score (nSPS) is 10.6. The number of hydrogen-bond acceptors (Lipinski definition) is 7. The second-order valence-electron chi connectivity index (χ2n) is 7.54. The highest BCUT2D eigenvalue weighted by atomic mass is 16.2. The predicted molar refractivity (Wildman–Crippen MR) is 123 cm³/mol. The molecule has 0 saturated heterocycles. The molecule has 10 nitrogen and oxygen atoms in total. The number of fused-ring (bicyclic) bond motifs is 1. The van der Waals surface area contributed by atoms with E-state index in [2.05, 4.69) is 15.1 Å². The lowest BCUT2D eigenvalue weighted by Gasteiger charge is -2.16. The summed E-state index contributed by atoms with van der Waals surface area (Å²) in [5.41, 5.74) is 9.04. The molecule has 0 aliphatic rings. The molecule has 0 atom stereocenters. The van der Waals surface area contributed by atoms with Crippen molar-refractivity contribution in [3.05, 3.63) is 71.8 Å². The maximum Gasteiger partial charge on any atom is 0.259 e. The number of rotatable bonds is 4. The number of anilines is 2. The van der Waals surface area contributed by atoms with Crippen molar-refractivity contribution >= 4 is 29.0 Å². The Kier molecular flexibility index (Phi) is 5.46. The van der Waals surface area contributed by atoms with E-state index in [-0.39, 0.29) is 23.2 Å². The first-order chi connectivity index (χ1) is 15.8. The third-order valence-corrected chi connectivity index (χ3v) is 5.16. The van der Waals surface area contributed by atoms with Gasteiger partial charge >= 0.3 is 0 Å². The van der Waals surface area contributed by atoms with E-state index in [1.54, 1.807) is 74.6 Å². The number of carbonyl (C=O) groups excluding carboxylic acids is 2. The highest BCUT2D eigenvalue weighted by Crippen LogP contribution is 2.27. The number of nitrogen functional groups attached to an aromatic ring is 1. The molecule has 4 aromatic heterocycles. The molecule has 0 bridgehead atoms. The first-order valence-electron chi connectivity index (χ1n) is 9.89. The van der Waals surface area contributed by atoms with Crippen LogP contribution in [0.4, 0.5) is 11.6 Å². The smallest absolute Gasteiger partial charge is 0.259 e. The summed E-state index contributed by atoms with van der Waals surface area (Å²) >= 11 is 0. The summed E-state index contributed by atoms with van der Waals surface area (Å²) in [6.45, 7) is 0. The zero-order chi connectivity index (χ0) is 23.7. The van der Waals surface area contributed by atoms with Gasteiger partial charge in [0.25, 0.3) is 11.8 Å². The van der Waals surface area contributed by atoms with Gasteiger partial charge in [-0.25, -0.2) is 14.5 Å². The van der Waals surface area contributed by atoms with Crippen LogP contribution in [-0.2, 0) is 0 Å². The summed E-state index contributed by atoms with van der Waals surface area (Å²) in [6.07, 6.45) is 6.31. The average molecular weight is 440 g/mol. The summed E-state index contributed by atoms with van der Waals surface area (Å²) in [7, 11) is 4.89. The minimum absolute atomic E-state index is 0.140. The molecule has 10 heteroatoms. The maximum atomic E-state index is 13.1. The number of amides is 2. The summed E-state index contributed by atoms with van der Waals surface area (Å²) < 4.78 is 1.63. The van der Waals surface area contributed by atoms with E-state index in [4.69, 9.17) is 11.0 Å². The number of hydrogen-bond donors (Lipinski definition) is 1. The lowest BCUT2D eigenvalue weighted by Crippen LogP contribution is -2.27. The highest BCUT2D eigenvalue weighted by Gasteiger charge is 2.19. The molecule has 4 heterocycles. The average Bonchev–Trinajstić information content (AvgIpc) is 3.26. The summed E-state index contributed by atoms with van der Waals surface area (Å²) in [4.78, 5) is 36.7. The van der Waals surface area contributed by atoms with Gasteiger partial charge in [-0.2, -0.15) is 10.4 Å². The Morgan fingerprint density at radius 2 is 1.82 bits per heavy atom. The molecule has 0 radical (unpaired) electrons. The van der Waals surface area contributed by atoms with Gasteiger partial charge in [0.2, 0.25) is 0 Å². The molecule has 2 N–H and O–H groups in total. The molecule has 0 aromatic carbocycles. The first-order valence-corrected chi connectivity index (χ1v) is 9.89. The molecular weight excluding hydrogens is 420 g/mol. The van der Waals surface area contributed by atoms with E-state index in [1.807, 2.05) is 6.07 Å². The third-order valence-electron chi connectivity index (χ3n) is 5.16. The number of pyridine rings is 3. The van der Waals surface area contributed by atoms with Crippen LogP contribution in [-0.4, -0.2) is 57.4 Å². The molecule has 0 unspecified atom stereocenters. The minimum Gasteiger partial charge on any atom is -0.383 e. The van der Waals surface area contributed by atoms with Crippen molar-refractivity contribution in [2.24, 2.45) is 0 Å². The van der Waals surface area contributed by atoms with E-state index < -0.39 is 0 Å². The van der Waals surface area contributed by atoms with Crippen LogP contribution in [0.5, 0.6) is 0 Å². The minimum atomic E-state index is -0.277. The molecule has 0 aliphatic carbocycles. The van der Waals surface area contributed by atoms with Crippen LogP contribution >= 0.6 is 0 Å². The SMILES string of the molecule is CN(C)C(=O)c1cc(-c2cnn3ccc(C(=O)N(C)c4ccc(C#N)cn4)cc23)cnc1N. The molecule has 2 amide bonds. The summed E-state index contributed by atoms with van der Waals surface area (Å²) in [5.74, 6) is 0.0232. The number of nitriles is 1. The molecule has 164 valence electrons. The van der Waals surface area contributed by atoms with E-state index in [0.29, 0.717) is 33.6 Å². The van der Waals surface area contributed by atoms with Gasteiger partial charge in [0.05, 0.1) is 22.8 Å². The van der Waals surface area contributed by atoms with Crippen molar-refractivity contribution in [1.82, 2.24) is 24.5 Å². The second-order valence-corrected chi connectivity index (χ2v) is 7.54. The molecule has 4 rings (SSSR count). The van der Waals surface area contributed by atoms with Gasteiger partial charge in [0.15, 0.2) is 0 Å². The van der Waals surface area contributed by atoms with Gasteiger partial charge < -0.3 is 10.6 Å². The van der Waals surface area contributed by atoms with Crippen molar-refractivity contribution in [2.45, 2.75) is 0 Å². The Bertz CT molecular complexity index is 1420. The molecule has 33 heavy (non-hydrogen) atoms. The van der Waals surface area contributed by atoms with Crippen LogP contribution in [0.3, 0.4) is 0 Å². The van der Waals surface area contributed by atoms with Gasteiger partial charge in [-0.05, 0) is 30.3 Å². The van der Waals surface area contributed by atoms with Crippen molar-refractivity contribution in [2.75, 3.05) is 31.8 Å². The fourth-order valence-corrected chi connectivity index (χ4v) is 3.32. The van der Waals surface area contributed by atoms with Crippen molar-refractivity contribution < 1.29 is 9.59 Å². The monoisotopic (exact) mass is 440 g/mol. The van der Waals surface area contributed by atoms with Gasteiger partial charge in [0.1, 0.15) is 17.7 Å². The van der Waals surface area contributed by atoms with Crippen LogP contribution in [0, 0.1) is 11.3 Å². The van der Waals surface area contributed by atoms with Crippen LogP contribution < -0.4 is 10.6 Å². The van der Waals surface area contributed by atoms with Crippen LogP contribution in [0.15, 0.2) is 55.1 Å². The van der Waals surface area contributed by atoms with Crippen LogP contribution in [0.1, 0.15) is 26.3 Å². The fourth-order valence-electron chi connectivity index (χ4n) is 3.32. The van der Waals surface area contributed by atoms with Gasteiger partial charge in [-0.3, -0.25) is 14.5 Å². The molecule has 0 aliphatic heterocycles. The van der Waals surface area contributed by atoms with E-state index >= 15 is 0 Å². The summed E-state index contributed by atoms with van der Waals surface area (Å²) in [6, 6.07) is 10.3. The Hall–Kier alpha value is -4.78. The standard InChI is InChI=1S/C23H20N8O2/c1-29(2)23(33)17-8-16(12-27-21(17)25)18-13-28-31-7-6-15(9-19(18)31)22(32)30(3)20-5-4-14(10-24)11-26-20/h4-9,11-13H,1-3H3,(H2,25,27). The molecule has 0 saturated carbocycles. The lowest BCUT2D eigenvalue weighted by molar-refractivity contribution is 0.0828. The van der Waals surface area contributed by atoms with Gasteiger partial charge in [-0.15, -0.1) is 0 Å². The zero-order valence-electron chi connectivity index (χ0n) is 18.2. The topological polar surface area (TPSA) is 134 Å². The number of nitrogens with zero attached hydrogens (tertiary/aromatic N) is 7. The Morgan fingerprint density at radius 1 is 1.03 bits per heavy atom. The second kappa shape index (κ2) is 8.39. The van der Waals surface area contributed by atoms with Crippen LogP contribution in [0.2, 0.25) is 0 Å². The molecule has 0 fully saturated rings. The lowest BCUT2D eigenvalue weighted by atomic mass is 10.1. The Balaban J connectivity index is 1.72. The maximum absolute atomic E-state index is 13.1. The number of carbonyl (C=O) groups is 2. The number of aromatic nitrogens is 4. The molecular formula is C23H20N8O2. The Morgan fingerprint density at radius 3 is 2.48 bits per heavy atom. The summed E-state index contributed by atoms with van der Waals surface area (Å²) in [5, 5.41) is 13.3. The van der Waals surface area contributed by atoms with Crippen molar-refractivity contribution in [3.8, 4) is 17.2 Å². The molecule has 4 aromatic rings. The molecule has 0 spiro atoms. The fraction of sp³-hybridized carbons (Fsp3) is 0.130. The van der Waals surface area contributed by atoms with E-state index in [9.17, 15) is 9.59 Å². The van der Waals surface area contributed by atoms with Crippen molar-refractivity contribution in [1.29, 1.82) is 5.26 Å². The number of nitrogens with two attached hydrogens (primary N) is 1. The quantitative estimate of drug-likeness (QED) is 0.514. The van der Waals surface area contributed by atoms with Gasteiger partial charge in [0, 0.05) is 56.4 Å². The van der Waals surface area contributed by atoms with E-state index in [1.165, 1.54) is 16.0 Å². The Labute approximate surface area is 189 Å².